The number of nitrogens with one attached hydrogen (secondary N) is 4. The third kappa shape index (κ3) is 9.80. The molecule has 0 saturated heterocycles. The normalized spacial score (nSPS) is 13.7. The average Bonchev–Trinajstić information content (AvgIpc) is 3.15. The standard InChI is InChI=1S/C24H37BF2N8S2/c1-14(12-16(3)28-8)18(5)21(22-15(2)13-17(4)35(22)25(26)27)10-11-30-24(37)34-32-20(7)19(6)31-33-23(36)29-9/h12-13H,10-11H2,1-9H3,(H2,29,33,36)(H2,30,34,37)/b14-12-,21-18+,28-16?,31-19+,32-20+. The van der Waals surface area contributed by atoms with E-state index in [1.54, 1.807) is 40.9 Å². The molecule has 0 radical (unpaired) electrons. The molecular formula is C24H37BF2N8S2. The number of aromatic nitrogens is 1. The molecule has 0 spiro atoms. The van der Waals surface area contributed by atoms with Crippen LogP contribution in [0.4, 0.5) is 8.63 Å². The summed E-state index contributed by atoms with van der Waals surface area (Å²) in [5, 5.41) is 14.9. The molecule has 1 aromatic heterocycles. The van der Waals surface area contributed by atoms with Crippen LogP contribution in [0.3, 0.4) is 0 Å². The number of nitrogens with zero attached hydrogens (tertiary/aromatic N) is 4. The Balaban J connectivity index is 3.13. The quantitative estimate of drug-likeness (QED) is 0.114. The minimum absolute atomic E-state index is 0.307. The fourth-order valence-electron chi connectivity index (χ4n) is 3.49. The van der Waals surface area contributed by atoms with Crippen LogP contribution in [0.1, 0.15) is 58.0 Å². The molecule has 0 atom stereocenters. The van der Waals surface area contributed by atoms with E-state index in [0.717, 1.165) is 32.5 Å². The van der Waals surface area contributed by atoms with Crippen LogP contribution in [0.25, 0.3) is 5.57 Å². The van der Waals surface area contributed by atoms with Crippen LogP contribution < -0.4 is 21.5 Å². The predicted molar refractivity (Wildman–Crippen MR) is 162 cm³/mol. The van der Waals surface area contributed by atoms with Crippen LogP contribution in [-0.4, -0.2) is 59.9 Å². The van der Waals surface area contributed by atoms with Crippen molar-refractivity contribution < 1.29 is 8.63 Å². The summed E-state index contributed by atoms with van der Waals surface area (Å²) in [6.45, 7) is 13.3. The van der Waals surface area contributed by atoms with Crippen LogP contribution in [0.5, 0.6) is 0 Å². The number of thiocarbonyl (C=S) groups is 2. The zero-order chi connectivity index (χ0) is 28.3. The Kier molecular flexibility index (Phi) is 13.3. The minimum Gasteiger partial charge on any atom is -0.364 e. The Hall–Kier alpha value is -2.93. The lowest BCUT2D eigenvalue weighted by Gasteiger charge is -2.18. The topological polar surface area (TPSA) is 90.1 Å². The van der Waals surface area contributed by atoms with Gasteiger partial charge in [-0.05, 0) is 114 Å². The number of hydrazone groups is 2. The largest absolute Gasteiger partial charge is 0.677 e. The molecule has 1 rings (SSSR count). The lowest BCUT2D eigenvalue weighted by molar-refractivity contribution is 0.623. The summed E-state index contributed by atoms with van der Waals surface area (Å²) in [5.74, 6) is 0. The molecular weight excluding hydrogens is 513 g/mol. The van der Waals surface area contributed by atoms with E-state index < -0.39 is 7.40 Å². The van der Waals surface area contributed by atoms with E-state index in [2.05, 4.69) is 36.7 Å². The number of hydrogen-bond acceptors (Lipinski definition) is 5. The molecule has 0 aliphatic heterocycles. The highest BCUT2D eigenvalue weighted by Crippen LogP contribution is 2.31. The second kappa shape index (κ2) is 15.4. The van der Waals surface area contributed by atoms with Gasteiger partial charge in [-0.2, -0.15) is 10.2 Å². The molecule has 0 aliphatic rings. The Morgan fingerprint density at radius 1 is 1.03 bits per heavy atom. The van der Waals surface area contributed by atoms with Gasteiger partial charge in [-0.25, -0.2) is 0 Å². The molecule has 202 valence electrons. The van der Waals surface area contributed by atoms with Crippen LogP contribution in [0, 0.1) is 13.8 Å². The Morgan fingerprint density at radius 2 is 1.59 bits per heavy atom. The van der Waals surface area contributed by atoms with Gasteiger partial charge in [0.1, 0.15) is 0 Å². The lowest BCUT2D eigenvalue weighted by atomic mass is 9.94. The van der Waals surface area contributed by atoms with Crippen molar-refractivity contribution in [2.45, 2.75) is 54.9 Å². The van der Waals surface area contributed by atoms with Crippen molar-refractivity contribution in [1.29, 1.82) is 0 Å². The van der Waals surface area contributed by atoms with E-state index in [9.17, 15) is 8.63 Å². The molecule has 1 aromatic rings. The van der Waals surface area contributed by atoms with Crippen molar-refractivity contribution in [3.63, 3.8) is 0 Å². The third-order valence-corrected chi connectivity index (χ3v) is 6.32. The molecule has 13 heteroatoms. The van der Waals surface area contributed by atoms with Gasteiger partial charge in [-0.1, -0.05) is 0 Å². The number of allylic oxidation sites excluding steroid dienone is 3. The Morgan fingerprint density at radius 3 is 2.11 bits per heavy atom. The average molecular weight is 551 g/mol. The lowest BCUT2D eigenvalue weighted by Crippen LogP contribution is -2.34. The second-order valence-electron chi connectivity index (χ2n) is 8.46. The van der Waals surface area contributed by atoms with Crippen molar-refractivity contribution in [1.82, 2.24) is 26.0 Å². The number of aryl methyl sites for hydroxylation is 2. The third-order valence-electron chi connectivity index (χ3n) is 5.78. The maximum absolute atomic E-state index is 14.0. The van der Waals surface area contributed by atoms with Crippen LogP contribution in [0.2, 0.25) is 0 Å². The molecule has 0 bridgehead atoms. The maximum Gasteiger partial charge on any atom is 0.677 e. The van der Waals surface area contributed by atoms with Crippen molar-refractivity contribution in [2.75, 3.05) is 20.6 Å². The van der Waals surface area contributed by atoms with Crippen LogP contribution in [-0.2, 0) is 0 Å². The predicted octanol–water partition coefficient (Wildman–Crippen LogP) is 4.39. The van der Waals surface area contributed by atoms with Gasteiger partial charge in [-0.15, -0.1) is 0 Å². The molecule has 0 fully saturated rings. The SMILES string of the molecule is CN=C(C)/C=C(C)\C(C)=C(/CCNC(=S)N/N=C(C)/C(C)=N/NC(=S)NC)c1c(C)cc(C)n1B(F)F. The summed E-state index contributed by atoms with van der Waals surface area (Å²) in [7, 11) is 0.766. The summed E-state index contributed by atoms with van der Waals surface area (Å²) >= 11 is 10.3. The fourth-order valence-corrected chi connectivity index (χ4v) is 3.68. The minimum atomic E-state index is -2.65. The van der Waals surface area contributed by atoms with Gasteiger partial charge in [0.05, 0.1) is 11.4 Å². The van der Waals surface area contributed by atoms with Crippen molar-refractivity contribution >= 4 is 64.8 Å². The molecule has 0 aliphatic carbocycles. The van der Waals surface area contributed by atoms with Crippen LogP contribution in [0.15, 0.2) is 38.5 Å². The van der Waals surface area contributed by atoms with Crippen molar-refractivity contribution in [3.8, 4) is 0 Å². The van der Waals surface area contributed by atoms with Crippen molar-refractivity contribution in [2.24, 2.45) is 15.2 Å². The maximum atomic E-state index is 14.0. The van der Waals surface area contributed by atoms with Crippen molar-refractivity contribution in [3.05, 3.63) is 40.2 Å². The first-order valence-corrected chi connectivity index (χ1v) is 12.5. The first kappa shape index (κ1) is 32.1. The highest BCUT2D eigenvalue weighted by molar-refractivity contribution is 7.80. The van der Waals surface area contributed by atoms with E-state index in [1.165, 1.54) is 0 Å². The van der Waals surface area contributed by atoms with Gasteiger partial charge in [0.2, 0.25) is 0 Å². The summed E-state index contributed by atoms with van der Waals surface area (Å²) in [6, 6.07) is 1.78. The van der Waals surface area contributed by atoms with E-state index in [1.807, 2.05) is 33.8 Å². The molecule has 0 unspecified atom stereocenters. The Bertz CT molecular complexity index is 1150. The zero-order valence-electron chi connectivity index (χ0n) is 23.0. The second-order valence-corrected chi connectivity index (χ2v) is 9.28. The first-order valence-electron chi connectivity index (χ1n) is 11.7. The fraction of sp³-hybridized carbons (Fsp3) is 0.458. The highest BCUT2D eigenvalue weighted by Gasteiger charge is 2.26. The smallest absolute Gasteiger partial charge is 0.364 e. The molecule has 1 heterocycles. The number of rotatable bonds is 10. The van der Waals surface area contributed by atoms with Gasteiger partial charge in [0.25, 0.3) is 0 Å². The summed E-state index contributed by atoms with van der Waals surface area (Å²) in [4.78, 5) is 4.19. The number of hydrogen-bond donors (Lipinski definition) is 4. The van der Waals surface area contributed by atoms with Gasteiger partial charge in [0.15, 0.2) is 10.2 Å². The molecule has 0 amide bonds. The monoisotopic (exact) mass is 550 g/mol. The molecule has 0 saturated carbocycles. The molecule has 8 nitrogen and oxygen atoms in total. The Labute approximate surface area is 230 Å². The molecule has 37 heavy (non-hydrogen) atoms. The van der Waals surface area contributed by atoms with Gasteiger partial charge < -0.3 is 15.1 Å². The highest BCUT2D eigenvalue weighted by atomic mass is 32.1. The van der Waals surface area contributed by atoms with Crippen LogP contribution >= 0.6 is 24.4 Å². The summed E-state index contributed by atoms with van der Waals surface area (Å²) in [5.41, 5.74) is 12.1. The number of halogens is 2. The zero-order valence-corrected chi connectivity index (χ0v) is 24.6. The van der Waals surface area contributed by atoms with E-state index >= 15 is 0 Å². The van der Waals surface area contributed by atoms with Gasteiger partial charge in [0, 0.05) is 37.7 Å². The van der Waals surface area contributed by atoms with Gasteiger partial charge in [-0.3, -0.25) is 24.5 Å². The summed E-state index contributed by atoms with van der Waals surface area (Å²) in [6.07, 6.45) is 2.42. The van der Waals surface area contributed by atoms with E-state index in [-0.39, 0.29) is 0 Å². The first-order chi connectivity index (χ1) is 17.3. The summed E-state index contributed by atoms with van der Waals surface area (Å²) < 4.78 is 29.1. The van der Waals surface area contributed by atoms with E-state index in [4.69, 9.17) is 24.4 Å². The van der Waals surface area contributed by atoms with Gasteiger partial charge >= 0.3 is 7.40 Å². The molecule has 0 aromatic carbocycles. The molecule has 4 N–H and O–H groups in total. The van der Waals surface area contributed by atoms with E-state index in [0.29, 0.717) is 46.0 Å². The number of aliphatic imine (C=N–C) groups is 1.